The average molecular weight is 446 g/mol. The van der Waals surface area contributed by atoms with E-state index in [9.17, 15) is 19.5 Å². The quantitative estimate of drug-likeness (QED) is 0.613. The standard InChI is InChI=1S/C20H23N5O5S/c21-19-23-10-16(31-19)17(26)22-9-14-11-25(20(29)30-14)13-6-4-12(5-7-13)24-8-2-1-3-15(24)18(27)28/h4-7,10,14-15H,1-3,8-9,11H2,(H2,21,23)(H,22,26)(H,27,28)/t14-,15?/m0/s1. The number of carbonyl (C=O) groups is 3. The normalized spacial score (nSPS) is 21.1. The molecule has 1 aromatic carbocycles. The van der Waals surface area contributed by atoms with Gasteiger partial charge in [0.05, 0.1) is 19.3 Å². The van der Waals surface area contributed by atoms with E-state index in [1.54, 1.807) is 12.1 Å². The zero-order chi connectivity index (χ0) is 22.0. The number of carbonyl (C=O) groups excluding carboxylic acids is 2. The molecule has 2 aromatic rings. The van der Waals surface area contributed by atoms with Crippen molar-refractivity contribution in [2.75, 3.05) is 35.2 Å². The van der Waals surface area contributed by atoms with Crippen LogP contribution in [0.3, 0.4) is 0 Å². The Morgan fingerprint density at radius 2 is 2.00 bits per heavy atom. The first-order valence-corrected chi connectivity index (χ1v) is 10.8. The molecule has 0 saturated carbocycles. The van der Waals surface area contributed by atoms with E-state index in [4.69, 9.17) is 10.5 Å². The molecule has 1 aromatic heterocycles. The van der Waals surface area contributed by atoms with E-state index < -0.39 is 24.2 Å². The number of carboxylic acids is 1. The number of nitrogens with zero attached hydrogens (tertiary/aromatic N) is 3. The summed E-state index contributed by atoms with van der Waals surface area (Å²) in [6.07, 6.45) is 2.90. The topological polar surface area (TPSA) is 138 Å². The monoisotopic (exact) mass is 445 g/mol. The zero-order valence-corrected chi connectivity index (χ0v) is 17.5. The lowest BCUT2D eigenvalue weighted by Crippen LogP contribution is -2.44. The molecule has 10 nitrogen and oxygen atoms in total. The number of thiazole rings is 1. The van der Waals surface area contributed by atoms with E-state index in [2.05, 4.69) is 10.3 Å². The average Bonchev–Trinajstić information content (AvgIpc) is 3.37. The van der Waals surface area contributed by atoms with E-state index >= 15 is 0 Å². The first kappa shape index (κ1) is 20.9. The highest BCUT2D eigenvalue weighted by Crippen LogP contribution is 2.29. The lowest BCUT2D eigenvalue weighted by Gasteiger charge is -2.35. The van der Waals surface area contributed by atoms with Gasteiger partial charge in [-0.2, -0.15) is 0 Å². The van der Waals surface area contributed by atoms with Gasteiger partial charge in [-0.15, -0.1) is 0 Å². The summed E-state index contributed by atoms with van der Waals surface area (Å²) in [4.78, 5) is 43.6. The second-order valence-corrected chi connectivity index (χ2v) is 8.51. The number of aliphatic carboxylic acids is 1. The molecule has 2 aliphatic heterocycles. The number of carboxylic acid groups (broad SMARTS) is 1. The summed E-state index contributed by atoms with van der Waals surface area (Å²) < 4.78 is 5.36. The van der Waals surface area contributed by atoms with Gasteiger partial charge in [0.2, 0.25) is 0 Å². The second-order valence-electron chi connectivity index (χ2n) is 7.45. The first-order valence-electron chi connectivity index (χ1n) is 9.99. The third-order valence-corrected chi connectivity index (χ3v) is 6.22. The van der Waals surface area contributed by atoms with Crippen molar-refractivity contribution < 1.29 is 24.2 Å². The Balaban J connectivity index is 1.36. The summed E-state index contributed by atoms with van der Waals surface area (Å²) in [7, 11) is 0. The summed E-state index contributed by atoms with van der Waals surface area (Å²) in [5, 5.41) is 12.5. The van der Waals surface area contributed by atoms with Crippen LogP contribution in [0.5, 0.6) is 0 Å². The van der Waals surface area contributed by atoms with Gasteiger partial charge >= 0.3 is 12.1 Å². The number of ether oxygens (including phenoxy) is 1. The van der Waals surface area contributed by atoms with Crippen molar-refractivity contribution in [1.82, 2.24) is 10.3 Å². The fourth-order valence-electron chi connectivity index (χ4n) is 3.85. The molecule has 0 radical (unpaired) electrons. The van der Waals surface area contributed by atoms with Crippen LogP contribution in [-0.2, 0) is 9.53 Å². The van der Waals surface area contributed by atoms with Crippen molar-refractivity contribution in [3.63, 3.8) is 0 Å². The minimum absolute atomic E-state index is 0.172. The van der Waals surface area contributed by atoms with Gasteiger partial charge in [0.25, 0.3) is 5.91 Å². The Hall–Kier alpha value is -3.34. The molecule has 3 heterocycles. The minimum atomic E-state index is -0.821. The summed E-state index contributed by atoms with van der Waals surface area (Å²) in [6.45, 7) is 1.16. The van der Waals surface area contributed by atoms with Crippen molar-refractivity contribution >= 4 is 45.8 Å². The van der Waals surface area contributed by atoms with Gasteiger partial charge in [-0.1, -0.05) is 11.3 Å². The molecule has 0 aliphatic carbocycles. The predicted octanol–water partition coefficient (Wildman–Crippen LogP) is 1.92. The Morgan fingerprint density at radius 3 is 2.68 bits per heavy atom. The van der Waals surface area contributed by atoms with Crippen molar-refractivity contribution in [3.05, 3.63) is 35.3 Å². The van der Waals surface area contributed by atoms with Crippen LogP contribution < -0.4 is 20.9 Å². The SMILES string of the molecule is Nc1ncc(C(=O)NC[C@H]2CN(c3ccc(N4CCCCC4C(=O)O)cc3)C(=O)O2)s1. The van der Waals surface area contributed by atoms with Crippen molar-refractivity contribution in [2.45, 2.75) is 31.4 Å². The van der Waals surface area contributed by atoms with Crippen LogP contribution in [0.2, 0.25) is 0 Å². The maximum Gasteiger partial charge on any atom is 0.414 e. The Bertz CT molecular complexity index is 979. The van der Waals surface area contributed by atoms with Crippen molar-refractivity contribution in [1.29, 1.82) is 0 Å². The number of cyclic esters (lactones) is 1. The maximum absolute atomic E-state index is 12.3. The number of benzene rings is 1. The van der Waals surface area contributed by atoms with Crippen LogP contribution in [0, 0.1) is 0 Å². The fourth-order valence-corrected chi connectivity index (χ4v) is 4.45. The number of nitrogen functional groups attached to an aromatic ring is 1. The first-order chi connectivity index (χ1) is 14.9. The van der Waals surface area contributed by atoms with Gasteiger partial charge in [0.1, 0.15) is 17.0 Å². The molecule has 4 N–H and O–H groups in total. The van der Waals surface area contributed by atoms with Gasteiger partial charge < -0.3 is 25.8 Å². The third kappa shape index (κ3) is 4.55. The molecular weight excluding hydrogens is 422 g/mol. The van der Waals surface area contributed by atoms with Crippen LogP contribution in [0.1, 0.15) is 28.9 Å². The smallest absolute Gasteiger partial charge is 0.414 e. The number of hydrogen-bond acceptors (Lipinski definition) is 8. The summed E-state index contributed by atoms with van der Waals surface area (Å²) in [5.74, 6) is -1.14. The van der Waals surface area contributed by atoms with Gasteiger partial charge in [-0.05, 0) is 43.5 Å². The van der Waals surface area contributed by atoms with Crippen molar-refractivity contribution in [2.24, 2.45) is 0 Å². The fraction of sp³-hybridized carbons (Fsp3) is 0.400. The highest BCUT2D eigenvalue weighted by atomic mass is 32.1. The van der Waals surface area contributed by atoms with Crippen molar-refractivity contribution in [3.8, 4) is 0 Å². The number of nitrogens with two attached hydrogens (primary N) is 1. The second kappa shape index (κ2) is 8.80. The molecule has 2 amide bonds. The molecule has 164 valence electrons. The predicted molar refractivity (Wildman–Crippen MR) is 116 cm³/mol. The molecule has 2 saturated heterocycles. The molecule has 2 atom stereocenters. The van der Waals surface area contributed by atoms with E-state index in [0.29, 0.717) is 35.2 Å². The maximum atomic E-state index is 12.3. The van der Waals surface area contributed by atoms with E-state index in [0.717, 1.165) is 29.9 Å². The van der Waals surface area contributed by atoms with Crippen LogP contribution in [0.15, 0.2) is 30.5 Å². The molecule has 1 unspecified atom stereocenters. The third-order valence-electron chi connectivity index (χ3n) is 5.39. The molecule has 2 fully saturated rings. The largest absolute Gasteiger partial charge is 0.480 e. The van der Waals surface area contributed by atoms with E-state index in [-0.39, 0.29) is 12.5 Å². The Kier molecular flexibility index (Phi) is 5.94. The summed E-state index contributed by atoms with van der Waals surface area (Å²) >= 11 is 1.09. The number of nitrogens with one attached hydrogen (secondary N) is 1. The number of aromatic nitrogens is 1. The number of rotatable bonds is 6. The molecule has 11 heteroatoms. The molecule has 0 bridgehead atoms. The molecule has 0 spiro atoms. The summed E-state index contributed by atoms with van der Waals surface area (Å²) in [5.41, 5.74) is 7.01. The Morgan fingerprint density at radius 1 is 1.26 bits per heavy atom. The summed E-state index contributed by atoms with van der Waals surface area (Å²) in [6, 6.07) is 6.69. The highest BCUT2D eigenvalue weighted by molar-refractivity contribution is 7.17. The zero-order valence-electron chi connectivity index (χ0n) is 16.7. The number of anilines is 3. The Labute approximate surface area is 182 Å². The van der Waals surface area contributed by atoms with Gasteiger partial charge in [0.15, 0.2) is 5.13 Å². The number of amides is 2. The van der Waals surface area contributed by atoms with E-state index in [1.165, 1.54) is 11.1 Å². The van der Waals surface area contributed by atoms with Crippen LogP contribution in [0.4, 0.5) is 21.3 Å². The van der Waals surface area contributed by atoms with Crippen LogP contribution >= 0.6 is 11.3 Å². The number of piperidine rings is 1. The molecule has 31 heavy (non-hydrogen) atoms. The molecule has 4 rings (SSSR count). The van der Waals surface area contributed by atoms with Crippen LogP contribution in [-0.4, -0.2) is 59.8 Å². The van der Waals surface area contributed by atoms with Crippen LogP contribution in [0.25, 0.3) is 0 Å². The molecular formula is C20H23N5O5S. The van der Waals surface area contributed by atoms with Gasteiger partial charge in [0, 0.05) is 17.9 Å². The minimum Gasteiger partial charge on any atom is -0.480 e. The lowest BCUT2D eigenvalue weighted by atomic mass is 10.0. The molecule has 2 aliphatic rings. The van der Waals surface area contributed by atoms with Gasteiger partial charge in [-0.25, -0.2) is 14.6 Å². The highest BCUT2D eigenvalue weighted by Gasteiger charge is 2.33. The van der Waals surface area contributed by atoms with E-state index in [1.807, 2.05) is 17.0 Å². The van der Waals surface area contributed by atoms with Gasteiger partial charge in [-0.3, -0.25) is 9.69 Å². The lowest BCUT2D eigenvalue weighted by molar-refractivity contribution is -0.139. The number of hydrogen-bond donors (Lipinski definition) is 3.